The number of amides is 1. The molecule has 7 nitrogen and oxygen atoms in total. The summed E-state index contributed by atoms with van der Waals surface area (Å²) in [6.07, 6.45) is 2.75. The van der Waals surface area contributed by atoms with Crippen LogP contribution < -0.4 is 10.2 Å². The third kappa shape index (κ3) is 4.39. The predicted octanol–water partition coefficient (Wildman–Crippen LogP) is 2.82. The highest BCUT2D eigenvalue weighted by atomic mass is 16.1. The van der Waals surface area contributed by atoms with Crippen molar-refractivity contribution in [3.05, 3.63) is 53.9 Å². The lowest BCUT2D eigenvalue weighted by atomic mass is 9.97. The summed E-state index contributed by atoms with van der Waals surface area (Å²) in [5.41, 5.74) is 2.00. The number of anilines is 1. The Morgan fingerprint density at radius 1 is 1.17 bits per heavy atom. The Morgan fingerprint density at radius 2 is 2.00 bits per heavy atom. The molecule has 0 aliphatic carbocycles. The van der Waals surface area contributed by atoms with Crippen molar-refractivity contribution < 1.29 is 4.79 Å². The monoisotopic (exact) mass is 392 g/mol. The molecule has 0 spiro atoms. The third-order valence-electron chi connectivity index (χ3n) is 5.46. The SMILES string of the molecule is CC(C)c1nnc2ccc(N3CCC[C@@H](C(=O)NCCc4ccccc4)C3)nn12. The maximum atomic E-state index is 12.7. The molecule has 4 rings (SSSR count). The Hall–Kier alpha value is -2.96. The van der Waals surface area contributed by atoms with Crippen LogP contribution in [0.4, 0.5) is 5.82 Å². The number of fused-ring (bicyclic) bond motifs is 1. The van der Waals surface area contributed by atoms with Crippen molar-refractivity contribution in [1.29, 1.82) is 0 Å². The van der Waals surface area contributed by atoms with Gasteiger partial charge in [-0.15, -0.1) is 15.3 Å². The number of rotatable bonds is 6. The van der Waals surface area contributed by atoms with Crippen molar-refractivity contribution in [2.45, 2.75) is 39.0 Å². The molecular formula is C22H28N6O. The van der Waals surface area contributed by atoms with Crippen LogP contribution in [0.1, 0.15) is 44.0 Å². The van der Waals surface area contributed by atoms with Gasteiger partial charge in [-0.2, -0.15) is 4.52 Å². The highest BCUT2D eigenvalue weighted by Crippen LogP contribution is 2.23. The normalized spacial score (nSPS) is 17.1. The first-order valence-electron chi connectivity index (χ1n) is 10.4. The molecule has 0 unspecified atom stereocenters. The second-order valence-electron chi connectivity index (χ2n) is 7.99. The second-order valence-corrected chi connectivity index (χ2v) is 7.99. The minimum absolute atomic E-state index is 0.0116. The van der Waals surface area contributed by atoms with E-state index < -0.39 is 0 Å². The van der Waals surface area contributed by atoms with E-state index in [0.29, 0.717) is 13.1 Å². The minimum Gasteiger partial charge on any atom is -0.355 e. The van der Waals surface area contributed by atoms with Crippen LogP contribution in [-0.4, -0.2) is 45.4 Å². The lowest BCUT2D eigenvalue weighted by Crippen LogP contribution is -2.44. The molecule has 1 aliphatic heterocycles. The molecule has 29 heavy (non-hydrogen) atoms. The standard InChI is InChI=1S/C22H28N6O/c1-16(2)21-25-24-19-10-11-20(26-28(19)21)27-14-6-9-18(15-27)22(29)23-13-12-17-7-4-3-5-8-17/h3-5,7-8,10-11,16,18H,6,9,12-15H2,1-2H3,(H,23,29)/t18-/m1/s1. The molecule has 1 aromatic carbocycles. The van der Waals surface area contributed by atoms with Crippen molar-refractivity contribution in [2.75, 3.05) is 24.5 Å². The molecule has 7 heteroatoms. The first-order valence-corrected chi connectivity index (χ1v) is 10.4. The van der Waals surface area contributed by atoms with E-state index in [0.717, 1.165) is 43.1 Å². The number of nitrogens with zero attached hydrogens (tertiary/aromatic N) is 5. The van der Waals surface area contributed by atoms with Gasteiger partial charge in [0.1, 0.15) is 5.82 Å². The molecule has 1 amide bonds. The zero-order valence-electron chi connectivity index (χ0n) is 17.1. The maximum absolute atomic E-state index is 12.7. The van der Waals surface area contributed by atoms with Crippen LogP contribution in [0, 0.1) is 5.92 Å². The molecule has 152 valence electrons. The number of piperidine rings is 1. The van der Waals surface area contributed by atoms with Gasteiger partial charge in [0.2, 0.25) is 5.91 Å². The number of benzene rings is 1. The number of nitrogens with one attached hydrogen (secondary N) is 1. The fourth-order valence-electron chi connectivity index (χ4n) is 3.84. The minimum atomic E-state index is -0.0116. The van der Waals surface area contributed by atoms with E-state index in [1.807, 2.05) is 34.8 Å². The summed E-state index contributed by atoms with van der Waals surface area (Å²) in [5, 5.41) is 16.3. The molecule has 3 heterocycles. The average molecular weight is 393 g/mol. The van der Waals surface area contributed by atoms with Gasteiger partial charge in [0, 0.05) is 25.6 Å². The van der Waals surface area contributed by atoms with E-state index in [4.69, 9.17) is 5.10 Å². The molecule has 0 radical (unpaired) electrons. The van der Waals surface area contributed by atoms with Crippen LogP contribution in [0.15, 0.2) is 42.5 Å². The molecule has 1 fully saturated rings. The summed E-state index contributed by atoms with van der Waals surface area (Å²) in [6, 6.07) is 14.2. The molecule has 2 aromatic heterocycles. The molecule has 1 saturated heterocycles. The van der Waals surface area contributed by atoms with Crippen molar-refractivity contribution >= 4 is 17.4 Å². The van der Waals surface area contributed by atoms with Gasteiger partial charge < -0.3 is 10.2 Å². The Morgan fingerprint density at radius 3 is 2.79 bits per heavy atom. The molecule has 3 aromatic rings. The fourth-order valence-corrected chi connectivity index (χ4v) is 3.84. The van der Waals surface area contributed by atoms with Crippen LogP contribution in [-0.2, 0) is 11.2 Å². The quantitative estimate of drug-likeness (QED) is 0.698. The molecule has 0 bridgehead atoms. The fraction of sp³-hybridized carbons (Fsp3) is 0.455. The first kappa shape index (κ1) is 19.4. The number of carbonyl (C=O) groups is 1. The molecule has 0 saturated carbocycles. The zero-order valence-corrected chi connectivity index (χ0v) is 17.1. The zero-order chi connectivity index (χ0) is 20.2. The Balaban J connectivity index is 1.39. The first-order chi connectivity index (χ1) is 14.1. The van der Waals surface area contributed by atoms with Crippen LogP contribution in [0.25, 0.3) is 5.65 Å². The van der Waals surface area contributed by atoms with Gasteiger partial charge >= 0.3 is 0 Å². The summed E-state index contributed by atoms with van der Waals surface area (Å²) in [6.45, 7) is 6.44. The lowest BCUT2D eigenvalue weighted by molar-refractivity contribution is -0.125. The topological polar surface area (TPSA) is 75.4 Å². The van der Waals surface area contributed by atoms with Gasteiger partial charge in [-0.05, 0) is 37.0 Å². The number of aromatic nitrogens is 4. The van der Waals surface area contributed by atoms with Gasteiger partial charge in [0.15, 0.2) is 11.5 Å². The summed E-state index contributed by atoms with van der Waals surface area (Å²) >= 11 is 0. The van der Waals surface area contributed by atoms with Gasteiger partial charge in [0.05, 0.1) is 5.92 Å². The lowest BCUT2D eigenvalue weighted by Gasteiger charge is -2.32. The smallest absolute Gasteiger partial charge is 0.224 e. The molecule has 1 atom stereocenters. The van der Waals surface area contributed by atoms with E-state index in [9.17, 15) is 4.79 Å². The Bertz CT molecular complexity index is 968. The summed E-state index contributed by atoms with van der Waals surface area (Å²) in [5.74, 6) is 2.11. The Kier molecular flexibility index (Phi) is 5.74. The predicted molar refractivity (Wildman–Crippen MR) is 113 cm³/mol. The van der Waals surface area contributed by atoms with Crippen molar-refractivity contribution in [2.24, 2.45) is 5.92 Å². The van der Waals surface area contributed by atoms with E-state index >= 15 is 0 Å². The maximum Gasteiger partial charge on any atom is 0.224 e. The van der Waals surface area contributed by atoms with Crippen LogP contribution in [0.5, 0.6) is 0 Å². The van der Waals surface area contributed by atoms with Crippen molar-refractivity contribution in [3.8, 4) is 0 Å². The van der Waals surface area contributed by atoms with Crippen molar-refractivity contribution in [1.82, 2.24) is 25.1 Å². The van der Waals surface area contributed by atoms with E-state index in [1.165, 1.54) is 5.56 Å². The molecular weight excluding hydrogens is 364 g/mol. The van der Waals surface area contributed by atoms with Gasteiger partial charge in [-0.1, -0.05) is 44.2 Å². The largest absolute Gasteiger partial charge is 0.355 e. The third-order valence-corrected chi connectivity index (χ3v) is 5.46. The van der Waals surface area contributed by atoms with Crippen LogP contribution in [0.2, 0.25) is 0 Å². The molecule has 1 aliphatic rings. The highest BCUT2D eigenvalue weighted by Gasteiger charge is 2.27. The van der Waals surface area contributed by atoms with E-state index in [2.05, 4.69) is 46.4 Å². The second kappa shape index (κ2) is 8.59. The number of hydrogen-bond acceptors (Lipinski definition) is 5. The number of hydrogen-bond donors (Lipinski definition) is 1. The van der Waals surface area contributed by atoms with Crippen molar-refractivity contribution in [3.63, 3.8) is 0 Å². The Labute approximate surface area is 171 Å². The average Bonchev–Trinajstić information content (AvgIpc) is 3.18. The van der Waals surface area contributed by atoms with Gasteiger partial charge in [-0.3, -0.25) is 4.79 Å². The summed E-state index contributed by atoms with van der Waals surface area (Å²) < 4.78 is 1.82. The van der Waals surface area contributed by atoms with E-state index in [-0.39, 0.29) is 17.7 Å². The van der Waals surface area contributed by atoms with Crippen LogP contribution in [0.3, 0.4) is 0 Å². The van der Waals surface area contributed by atoms with Gasteiger partial charge in [-0.25, -0.2) is 0 Å². The van der Waals surface area contributed by atoms with Gasteiger partial charge in [0.25, 0.3) is 0 Å². The summed E-state index contributed by atoms with van der Waals surface area (Å²) in [7, 11) is 0. The summed E-state index contributed by atoms with van der Waals surface area (Å²) in [4.78, 5) is 14.9. The van der Waals surface area contributed by atoms with E-state index in [1.54, 1.807) is 0 Å². The molecule has 1 N–H and O–H groups in total. The number of carbonyl (C=O) groups excluding carboxylic acids is 1. The highest BCUT2D eigenvalue weighted by molar-refractivity contribution is 5.79. The van der Waals surface area contributed by atoms with Crippen LogP contribution >= 0.6 is 0 Å².